The highest BCUT2D eigenvalue weighted by Gasteiger charge is 2.26. The molecule has 2 aliphatic carbocycles. The maximum absolute atomic E-state index is 2.57. The minimum Gasteiger partial charge on any atom is -0.0855 e. The molecule has 3 rings (SSSR count). The Morgan fingerprint density at radius 3 is 2.24 bits per heavy atom. The molecule has 1 aliphatic heterocycles. The van der Waals surface area contributed by atoms with Gasteiger partial charge < -0.3 is 0 Å². The van der Waals surface area contributed by atoms with Crippen molar-refractivity contribution in [2.75, 3.05) is 0 Å². The summed E-state index contributed by atoms with van der Waals surface area (Å²) in [6.07, 6.45) is 15.7. The second kappa shape index (κ2) is 4.15. The number of hydrogen-bond acceptors (Lipinski definition) is 0. The summed E-state index contributed by atoms with van der Waals surface area (Å²) < 4.78 is 0. The van der Waals surface area contributed by atoms with E-state index in [1.165, 1.54) is 11.1 Å². The number of hydrogen-bond donors (Lipinski definition) is 0. The van der Waals surface area contributed by atoms with Crippen molar-refractivity contribution in [3.05, 3.63) is 69.6 Å². The van der Waals surface area contributed by atoms with Crippen LogP contribution < -0.4 is 0 Å². The van der Waals surface area contributed by atoms with Crippen molar-refractivity contribution >= 4 is 8.80 Å². The molecule has 1 heterocycles. The van der Waals surface area contributed by atoms with Gasteiger partial charge in [0.2, 0.25) is 0 Å². The Kier molecular flexibility index (Phi) is 2.64. The SMILES string of the molecule is CC1=C(C2=CC=CC2)C(C2=CC=CC2)=C[SiH]1C. The van der Waals surface area contributed by atoms with Crippen molar-refractivity contribution in [1.82, 2.24) is 0 Å². The van der Waals surface area contributed by atoms with Crippen molar-refractivity contribution in [2.24, 2.45) is 0 Å². The lowest BCUT2D eigenvalue weighted by atomic mass is 9.92. The van der Waals surface area contributed by atoms with Crippen LogP contribution in [-0.4, -0.2) is 8.80 Å². The van der Waals surface area contributed by atoms with Crippen LogP contribution in [0, 0.1) is 0 Å². The summed E-state index contributed by atoms with van der Waals surface area (Å²) in [5.41, 5.74) is 8.73. The van der Waals surface area contributed by atoms with E-state index in [-0.39, 0.29) is 0 Å². The highest BCUT2D eigenvalue weighted by Crippen LogP contribution is 2.39. The second-order valence-electron chi connectivity index (χ2n) is 5.08. The van der Waals surface area contributed by atoms with Gasteiger partial charge in [0.05, 0.1) is 8.80 Å². The van der Waals surface area contributed by atoms with Gasteiger partial charge in [-0.2, -0.15) is 0 Å². The van der Waals surface area contributed by atoms with Gasteiger partial charge in [-0.15, -0.1) is 0 Å². The highest BCUT2D eigenvalue weighted by atomic mass is 28.3. The lowest BCUT2D eigenvalue weighted by molar-refractivity contribution is 1.20. The summed E-state index contributed by atoms with van der Waals surface area (Å²) in [7, 11) is -0.791. The minimum absolute atomic E-state index is 0.791. The topological polar surface area (TPSA) is 0 Å². The van der Waals surface area contributed by atoms with Crippen LogP contribution in [0.3, 0.4) is 0 Å². The maximum Gasteiger partial charge on any atom is 0.0871 e. The molecule has 0 aromatic heterocycles. The standard InChI is InChI=1S/C16H18Si/c1-12-16(14-9-5-6-10-14)15(11-17(12)2)13-7-3-4-8-13/h3-7,9,11,17H,8,10H2,1-2H3. The molecule has 1 unspecified atom stereocenters. The molecule has 0 fully saturated rings. The van der Waals surface area contributed by atoms with Gasteiger partial charge in [0.25, 0.3) is 0 Å². The van der Waals surface area contributed by atoms with Crippen LogP contribution in [0.2, 0.25) is 6.55 Å². The van der Waals surface area contributed by atoms with E-state index < -0.39 is 8.80 Å². The van der Waals surface area contributed by atoms with E-state index in [9.17, 15) is 0 Å². The van der Waals surface area contributed by atoms with Crippen LogP contribution >= 0.6 is 0 Å². The zero-order valence-corrected chi connectivity index (χ0v) is 11.7. The molecule has 0 N–H and O–H groups in total. The quantitative estimate of drug-likeness (QED) is 0.639. The summed E-state index contributed by atoms with van der Waals surface area (Å²) in [5, 5.41) is 1.67. The minimum atomic E-state index is -0.791. The maximum atomic E-state index is 2.57. The fourth-order valence-electron chi connectivity index (χ4n) is 2.87. The molecule has 17 heavy (non-hydrogen) atoms. The number of allylic oxidation sites excluding steroid dienone is 11. The molecular formula is C16H18Si. The second-order valence-corrected chi connectivity index (χ2v) is 7.85. The van der Waals surface area contributed by atoms with Gasteiger partial charge in [-0.3, -0.25) is 0 Å². The van der Waals surface area contributed by atoms with Crippen LogP contribution in [0.25, 0.3) is 0 Å². The van der Waals surface area contributed by atoms with Crippen molar-refractivity contribution in [3.63, 3.8) is 0 Å². The van der Waals surface area contributed by atoms with Crippen LogP contribution in [0.1, 0.15) is 19.8 Å². The first-order chi connectivity index (χ1) is 8.27. The Morgan fingerprint density at radius 1 is 1.00 bits per heavy atom. The summed E-state index contributed by atoms with van der Waals surface area (Å²) in [6.45, 7) is 4.78. The molecular weight excluding hydrogens is 220 g/mol. The fraction of sp³-hybridized carbons (Fsp3) is 0.250. The Bertz CT molecular complexity index is 536. The fourth-order valence-corrected chi connectivity index (χ4v) is 4.80. The molecule has 0 amide bonds. The van der Waals surface area contributed by atoms with Crippen LogP contribution in [0.5, 0.6) is 0 Å². The van der Waals surface area contributed by atoms with Gasteiger partial charge in [0.1, 0.15) is 0 Å². The van der Waals surface area contributed by atoms with Crippen LogP contribution in [0.4, 0.5) is 0 Å². The molecule has 1 heteroatoms. The smallest absolute Gasteiger partial charge is 0.0855 e. The first-order valence-corrected chi connectivity index (χ1v) is 8.82. The summed E-state index contributed by atoms with van der Waals surface area (Å²) in [4.78, 5) is 0. The molecule has 0 nitrogen and oxygen atoms in total. The molecule has 0 bridgehead atoms. The molecule has 0 aromatic rings. The van der Waals surface area contributed by atoms with E-state index in [0.717, 1.165) is 12.8 Å². The monoisotopic (exact) mass is 238 g/mol. The lowest BCUT2D eigenvalue weighted by Gasteiger charge is -2.13. The predicted octanol–water partition coefficient (Wildman–Crippen LogP) is 3.95. The van der Waals surface area contributed by atoms with Crippen molar-refractivity contribution < 1.29 is 0 Å². The van der Waals surface area contributed by atoms with E-state index in [2.05, 4.69) is 55.6 Å². The molecule has 0 radical (unpaired) electrons. The van der Waals surface area contributed by atoms with Crippen LogP contribution in [0.15, 0.2) is 69.6 Å². The van der Waals surface area contributed by atoms with Gasteiger partial charge in [0.15, 0.2) is 0 Å². The van der Waals surface area contributed by atoms with Gasteiger partial charge in [-0.05, 0) is 42.1 Å². The van der Waals surface area contributed by atoms with Gasteiger partial charge in [-0.1, -0.05) is 53.9 Å². The summed E-state index contributed by atoms with van der Waals surface area (Å²) in [6, 6.07) is 0. The third-order valence-corrected chi connectivity index (χ3v) is 6.46. The molecule has 0 saturated heterocycles. The largest absolute Gasteiger partial charge is 0.0871 e. The Hall–Kier alpha value is -1.34. The normalized spacial score (nSPS) is 26.7. The lowest BCUT2D eigenvalue weighted by Crippen LogP contribution is -2.02. The van der Waals surface area contributed by atoms with Crippen LogP contribution in [-0.2, 0) is 0 Å². The first-order valence-electron chi connectivity index (χ1n) is 6.42. The van der Waals surface area contributed by atoms with E-state index in [1.54, 1.807) is 16.3 Å². The average Bonchev–Trinajstić information content (AvgIpc) is 3.01. The van der Waals surface area contributed by atoms with E-state index in [1.807, 2.05) is 0 Å². The van der Waals surface area contributed by atoms with E-state index in [4.69, 9.17) is 0 Å². The summed E-state index contributed by atoms with van der Waals surface area (Å²) in [5.74, 6) is 0. The van der Waals surface area contributed by atoms with Crippen molar-refractivity contribution in [2.45, 2.75) is 26.3 Å². The van der Waals surface area contributed by atoms with Crippen molar-refractivity contribution in [1.29, 1.82) is 0 Å². The third-order valence-electron chi connectivity index (χ3n) is 3.97. The Morgan fingerprint density at radius 2 is 1.65 bits per heavy atom. The third kappa shape index (κ3) is 1.75. The number of rotatable bonds is 2. The molecule has 0 saturated carbocycles. The van der Waals surface area contributed by atoms with Gasteiger partial charge >= 0.3 is 0 Å². The van der Waals surface area contributed by atoms with Gasteiger partial charge in [0, 0.05) is 0 Å². The summed E-state index contributed by atoms with van der Waals surface area (Å²) >= 11 is 0. The molecule has 1 atom stereocenters. The molecule has 0 aromatic carbocycles. The van der Waals surface area contributed by atoms with Crippen molar-refractivity contribution in [3.8, 4) is 0 Å². The van der Waals surface area contributed by atoms with E-state index >= 15 is 0 Å². The van der Waals surface area contributed by atoms with Gasteiger partial charge in [-0.25, -0.2) is 0 Å². The Labute approximate surface area is 105 Å². The average molecular weight is 238 g/mol. The zero-order chi connectivity index (χ0) is 11.8. The highest BCUT2D eigenvalue weighted by molar-refractivity contribution is 6.72. The zero-order valence-electron chi connectivity index (χ0n) is 10.5. The molecule has 3 aliphatic rings. The molecule has 0 spiro atoms. The van der Waals surface area contributed by atoms with E-state index in [0.29, 0.717) is 0 Å². The predicted molar refractivity (Wildman–Crippen MR) is 77.5 cm³/mol. The molecule has 86 valence electrons. The Balaban J connectivity index is 2.01. The first kappa shape index (κ1) is 10.8.